The molecule has 0 saturated heterocycles. The van der Waals surface area contributed by atoms with Crippen LogP contribution < -0.4 is 5.73 Å². The first-order valence-corrected chi connectivity index (χ1v) is 10.7. The minimum atomic E-state index is -4.54. The lowest BCUT2D eigenvalue weighted by molar-refractivity contribution is -0.137. The number of carbonyl (C=O) groups is 1. The number of ether oxygens (including phenoxy) is 1. The van der Waals surface area contributed by atoms with E-state index in [-0.39, 0.29) is 34.8 Å². The summed E-state index contributed by atoms with van der Waals surface area (Å²) in [7, 11) is 0. The summed E-state index contributed by atoms with van der Waals surface area (Å²) in [5.74, 6) is -0.748. The minimum absolute atomic E-state index is 0.00356. The van der Waals surface area contributed by atoms with Crippen molar-refractivity contribution in [3.63, 3.8) is 0 Å². The maximum absolute atomic E-state index is 13.3. The zero-order valence-corrected chi connectivity index (χ0v) is 18.0. The average molecular weight is 456 g/mol. The Kier molecular flexibility index (Phi) is 6.22. The summed E-state index contributed by atoms with van der Waals surface area (Å²) in [6.07, 6.45) is -0.817. The molecule has 0 amide bonds. The first-order chi connectivity index (χ1) is 15.8. The van der Waals surface area contributed by atoms with Gasteiger partial charge in [-0.2, -0.15) is 13.2 Å². The lowest BCUT2D eigenvalue weighted by Crippen LogP contribution is -2.11. The number of rotatable bonds is 7. The second-order valence-electron chi connectivity index (χ2n) is 7.72. The van der Waals surface area contributed by atoms with Crippen LogP contribution in [0.2, 0.25) is 0 Å². The number of nitrogens with two attached hydrogens (primary N) is 1. The Morgan fingerprint density at radius 3 is 2.45 bits per heavy atom. The van der Waals surface area contributed by atoms with Crippen molar-refractivity contribution in [2.45, 2.75) is 38.8 Å². The average Bonchev–Trinajstić information content (AvgIpc) is 3.07. The molecule has 0 aliphatic rings. The Labute approximate surface area is 188 Å². The number of hydrogen-bond donors (Lipinski definition) is 1. The fraction of sp³-hybridized carbons (Fsp3) is 0.292. The van der Waals surface area contributed by atoms with E-state index in [1.54, 1.807) is 24.3 Å². The number of esters is 1. The highest BCUT2D eigenvalue weighted by Gasteiger charge is 2.32. The van der Waals surface area contributed by atoms with Gasteiger partial charge in [0, 0.05) is 5.69 Å². The molecule has 0 radical (unpaired) electrons. The Morgan fingerprint density at radius 2 is 1.76 bits per heavy atom. The number of nitrogen functional groups attached to an aromatic ring is 1. The van der Waals surface area contributed by atoms with Crippen LogP contribution in [-0.4, -0.2) is 27.1 Å². The summed E-state index contributed by atoms with van der Waals surface area (Å²) in [5.41, 5.74) is 7.03. The van der Waals surface area contributed by atoms with Gasteiger partial charge in [-0.05, 0) is 36.8 Å². The number of anilines is 1. The second-order valence-corrected chi connectivity index (χ2v) is 7.72. The van der Waals surface area contributed by atoms with Gasteiger partial charge in [0.25, 0.3) is 0 Å². The third-order valence-electron chi connectivity index (χ3n) is 5.36. The first kappa shape index (κ1) is 22.6. The molecule has 2 N–H and O–H groups in total. The number of nitrogens with zero attached hydrogens (tertiary/aromatic N) is 3. The van der Waals surface area contributed by atoms with Gasteiger partial charge in [-0.3, -0.25) is 4.57 Å². The number of hydrogen-bond acceptors (Lipinski definition) is 5. The van der Waals surface area contributed by atoms with Gasteiger partial charge in [0.1, 0.15) is 16.9 Å². The van der Waals surface area contributed by atoms with Gasteiger partial charge < -0.3 is 10.5 Å². The van der Waals surface area contributed by atoms with E-state index in [2.05, 4.69) is 16.9 Å². The molecule has 0 fully saturated rings. The van der Waals surface area contributed by atoms with Crippen LogP contribution in [0.15, 0.2) is 48.5 Å². The van der Waals surface area contributed by atoms with E-state index in [9.17, 15) is 18.0 Å². The Balaban J connectivity index is 1.86. The molecular weight excluding hydrogens is 433 g/mol. The standard InChI is InChI=1S/C24H23F3N4O2/c1-2-3-4-7-13-33-23(32)19-20-22(30-18-12-6-5-11-17(18)29-20)31(21(19)28)16-10-8-9-15(14-16)24(25,26)27/h5-6,8-12,14H,2-4,7,13,28H2,1H3. The maximum Gasteiger partial charge on any atom is 0.416 e. The smallest absolute Gasteiger partial charge is 0.416 e. The van der Waals surface area contributed by atoms with Gasteiger partial charge in [0.2, 0.25) is 0 Å². The number of unbranched alkanes of at least 4 members (excludes halogenated alkanes) is 3. The topological polar surface area (TPSA) is 83.0 Å². The highest BCUT2D eigenvalue weighted by atomic mass is 19.4. The molecule has 2 heterocycles. The second kappa shape index (κ2) is 9.09. The Morgan fingerprint density at radius 1 is 1.03 bits per heavy atom. The summed E-state index contributed by atoms with van der Waals surface area (Å²) in [6, 6.07) is 11.7. The van der Waals surface area contributed by atoms with Crippen LogP contribution in [0.1, 0.15) is 48.5 Å². The minimum Gasteiger partial charge on any atom is -0.462 e. The summed E-state index contributed by atoms with van der Waals surface area (Å²) in [5, 5.41) is 0. The number of alkyl halides is 3. The zero-order valence-electron chi connectivity index (χ0n) is 18.0. The van der Waals surface area contributed by atoms with Gasteiger partial charge in [-0.1, -0.05) is 44.4 Å². The predicted molar refractivity (Wildman–Crippen MR) is 120 cm³/mol. The van der Waals surface area contributed by atoms with Crippen LogP contribution in [0.4, 0.5) is 19.0 Å². The van der Waals surface area contributed by atoms with Crippen LogP contribution >= 0.6 is 0 Å². The van der Waals surface area contributed by atoms with Crippen molar-refractivity contribution >= 4 is 34.0 Å². The van der Waals surface area contributed by atoms with Crippen molar-refractivity contribution in [2.75, 3.05) is 12.3 Å². The Bertz CT molecular complexity index is 1310. The molecule has 0 spiro atoms. The van der Waals surface area contributed by atoms with E-state index in [4.69, 9.17) is 10.5 Å². The van der Waals surface area contributed by atoms with Crippen LogP contribution in [-0.2, 0) is 10.9 Å². The highest BCUT2D eigenvalue weighted by molar-refractivity contribution is 6.09. The number of carbonyl (C=O) groups excluding carboxylic acids is 1. The van der Waals surface area contributed by atoms with Crippen molar-refractivity contribution in [3.8, 4) is 5.69 Å². The monoisotopic (exact) mass is 456 g/mol. The molecule has 4 aromatic rings. The van der Waals surface area contributed by atoms with Crippen molar-refractivity contribution in [1.82, 2.24) is 14.5 Å². The number of benzene rings is 2. The predicted octanol–water partition coefficient (Wildman–Crippen LogP) is 5.91. The lowest BCUT2D eigenvalue weighted by atomic mass is 10.2. The molecule has 2 aromatic heterocycles. The third-order valence-corrected chi connectivity index (χ3v) is 5.36. The summed E-state index contributed by atoms with van der Waals surface area (Å²) in [6.45, 7) is 2.30. The van der Waals surface area contributed by atoms with E-state index in [1.165, 1.54) is 16.7 Å². The molecule has 6 nitrogen and oxygen atoms in total. The van der Waals surface area contributed by atoms with E-state index in [0.29, 0.717) is 17.5 Å². The molecule has 0 aliphatic heterocycles. The number of aromatic nitrogens is 3. The van der Waals surface area contributed by atoms with Crippen LogP contribution in [0.25, 0.3) is 27.9 Å². The van der Waals surface area contributed by atoms with Crippen LogP contribution in [0, 0.1) is 0 Å². The van der Waals surface area contributed by atoms with Crippen LogP contribution in [0.3, 0.4) is 0 Å². The van der Waals surface area contributed by atoms with Gasteiger partial charge in [-0.25, -0.2) is 14.8 Å². The lowest BCUT2D eigenvalue weighted by Gasteiger charge is -2.12. The molecule has 0 atom stereocenters. The molecule has 9 heteroatoms. The fourth-order valence-electron chi connectivity index (χ4n) is 3.71. The molecule has 0 saturated carbocycles. The maximum atomic E-state index is 13.3. The van der Waals surface area contributed by atoms with E-state index in [0.717, 1.165) is 31.4 Å². The third kappa shape index (κ3) is 4.48. The molecule has 33 heavy (non-hydrogen) atoms. The van der Waals surface area contributed by atoms with Crippen molar-refractivity contribution in [1.29, 1.82) is 0 Å². The van der Waals surface area contributed by atoms with Gasteiger partial charge in [0.15, 0.2) is 5.65 Å². The van der Waals surface area contributed by atoms with Gasteiger partial charge in [-0.15, -0.1) is 0 Å². The summed E-state index contributed by atoms with van der Waals surface area (Å²) < 4.78 is 46.7. The summed E-state index contributed by atoms with van der Waals surface area (Å²) >= 11 is 0. The van der Waals surface area contributed by atoms with Crippen molar-refractivity contribution < 1.29 is 22.7 Å². The van der Waals surface area contributed by atoms with E-state index >= 15 is 0 Å². The molecule has 4 rings (SSSR count). The zero-order chi connectivity index (χ0) is 23.6. The number of para-hydroxylation sites is 2. The SMILES string of the molecule is CCCCCCOC(=O)c1c(N)n(-c2cccc(C(F)(F)F)c2)c2nc3ccccc3nc12. The quantitative estimate of drug-likeness (QED) is 0.276. The normalized spacial score (nSPS) is 11.9. The van der Waals surface area contributed by atoms with Gasteiger partial charge >= 0.3 is 12.1 Å². The molecule has 0 unspecified atom stereocenters. The molecule has 0 bridgehead atoms. The van der Waals surface area contributed by atoms with E-state index in [1.807, 2.05) is 0 Å². The number of fused-ring (bicyclic) bond motifs is 2. The molecule has 172 valence electrons. The first-order valence-electron chi connectivity index (χ1n) is 10.7. The van der Waals surface area contributed by atoms with Gasteiger partial charge in [0.05, 0.1) is 23.2 Å². The van der Waals surface area contributed by atoms with Crippen molar-refractivity contribution in [3.05, 3.63) is 59.7 Å². The molecule has 2 aromatic carbocycles. The number of halogens is 3. The van der Waals surface area contributed by atoms with E-state index < -0.39 is 17.7 Å². The molecule has 0 aliphatic carbocycles. The summed E-state index contributed by atoms with van der Waals surface area (Å²) in [4.78, 5) is 22.1. The van der Waals surface area contributed by atoms with Crippen molar-refractivity contribution in [2.24, 2.45) is 0 Å². The fourth-order valence-corrected chi connectivity index (χ4v) is 3.71. The molecular formula is C24H23F3N4O2. The largest absolute Gasteiger partial charge is 0.462 e. The highest BCUT2D eigenvalue weighted by Crippen LogP contribution is 2.34. The van der Waals surface area contributed by atoms with Crippen LogP contribution in [0.5, 0.6) is 0 Å². The Hall–Kier alpha value is -3.62.